The first-order chi connectivity index (χ1) is 13.0. The fraction of sp³-hybridized carbons (Fsp3) is 0.333. The third kappa shape index (κ3) is 5.35. The first-order valence-corrected chi connectivity index (χ1v) is 9.66. The number of Topliss-reactive ketones (excluding diaryl/α,β-unsaturated/α-hetero) is 1. The van der Waals surface area contributed by atoms with Crippen LogP contribution in [0.5, 0.6) is 0 Å². The van der Waals surface area contributed by atoms with Crippen molar-refractivity contribution in [3.63, 3.8) is 0 Å². The maximum atomic E-state index is 12.8. The van der Waals surface area contributed by atoms with Gasteiger partial charge in [0.05, 0.1) is 0 Å². The predicted molar refractivity (Wildman–Crippen MR) is 115 cm³/mol. The molecule has 0 atom stereocenters. The van der Waals surface area contributed by atoms with Gasteiger partial charge in [0.1, 0.15) is 0 Å². The van der Waals surface area contributed by atoms with E-state index in [1.165, 1.54) is 0 Å². The largest absolute Gasteiger partial charge is 0.332 e. The fourth-order valence-electron chi connectivity index (χ4n) is 3.27. The highest BCUT2D eigenvalue weighted by Gasteiger charge is 2.24. The molecule has 27 heavy (non-hydrogen) atoms. The number of nitrogens with one attached hydrogen (secondary N) is 2. The number of rotatable bonds is 5. The van der Waals surface area contributed by atoms with Gasteiger partial charge in [-0.05, 0) is 75.0 Å². The van der Waals surface area contributed by atoms with Crippen LogP contribution in [0.1, 0.15) is 28.8 Å². The van der Waals surface area contributed by atoms with Crippen molar-refractivity contribution in [2.75, 3.05) is 30.8 Å². The van der Waals surface area contributed by atoms with E-state index in [1.807, 2.05) is 48.5 Å². The molecule has 0 bridgehead atoms. The Morgan fingerprint density at radius 3 is 2.44 bits per heavy atom. The van der Waals surface area contributed by atoms with Gasteiger partial charge in [-0.1, -0.05) is 24.3 Å². The molecule has 0 amide bonds. The Bertz CT molecular complexity index is 798. The minimum absolute atomic E-state index is 0.114. The molecule has 0 aromatic heterocycles. The number of likely N-dealkylation sites (tertiary alicyclic amines) is 1. The number of carbonyl (C=O) groups excluding carboxylic acids is 1. The summed E-state index contributed by atoms with van der Waals surface area (Å²) in [7, 11) is 2.10. The Labute approximate surface area is 165 Å². The van der Waals surface area contributed by atoms with Crippen molar-refractivity contribution in [2.45, 2.75) is 19.4 Å². The molecule has 1 saturated heterocycles. The summed E-state index contributed by atoms with van der Waals surface area (Å²) in [5, 5.41) is 6.79. The normalized spacial score (nSPS) is 15.3. The van der Waals surface area contributed by atoms with E-state index in [4.69, 9.17) is 18.0 Å². The molecule has 0 unspecified atom stereocenters. The summed E-state index contributed by atoms with van der Waals surface area (Å²) in [5.74, 6) is 0.339. The number of piperidine rings is 1. The van der Waals surface area contributed by atoms with Crippen molar-refractivity contribution in [1.82, 2.24) is 4.90 Å². The molecule has 2 aromatic rings. The van der Waals surface area contributed by atoms with Gasteiger partial charge < -0.3 is 21.3 Å². The van der Waals surface area contributed by atoms with Gasteiger partial charge >= 0.3 is 0 Å². The Hall–Kier alpha value is -2.28. The third-order valence-corrected chi connectivity index (χ3v) is 5.15. The van der Waals surface area contributed by atoms with Gasteiger partial charge in [-0.2, -0.15) is 0 Å². The van der Waals surface area contributed by atoms with E-state index in [9.17, 15) is 4.79 Å². The summed E-state index contributed by atoms with van der Waals surface area (Å²) >= 11 is 5.39. The highest BCUT2D eigenvalue weighted by molar-refractivity contribution is 7.80. The summed E-state index contributed by atoms with van der Waals surface area (Å²) in [5.41, 5.74) is 9.13. The molecule has 5 nitrogen and oxygen atoms in total. The highest BCUT2D eigenvalue weighted by atomic mass is 32.1. The summed E-state index contributed by atoms with van der Waals surface area (Å²) in [4.78, 5) is 15.1. The summed E-state index contributed by atoms with van der Waals surface area (Å²) < 4.78 is 0. The second kappa shape index (κ2) is 9.08. The number of hydrogen-bond acceptors (Lipinski definition) is 4. The number of carbonyl (C=O) groups is 1. The Morgan fingerprint density at radius 1 is 1.11 bits per heavy atom. The van der Waals surface area contributed by atoms with Gasteiger partial charge in [-0.25, -0.2) is 0 Å². The molecule has 1 heterocycles. The monoisotopic (exact) mass is 382 g/mol. The molecule has 2 aromatic carbocycles. The fourth-order valence-corrected chi connectivity index (χ4v) is 3.51. The van der Waals surface area contributed by atoms with Crippen LogP contribution in [-0.4, -0.2) is 35.9 Å². The number of ketones is 1. The number of benzene rings is 2. The number of anilines is 2. The smallest absolute Gasteiger partial charge is 0.175 e. The van der Waals surface area contributed by atoms with Crippen LogP contribution in [0.25, 0.3) is 0 Å². The van der Waals surface area contributed by atoms with Crippen LogP contribution < -0.4 is 16.4 Å². The van der Waals surface area contributed by atoms with Crippen molar-refractivity contribution in [1.29, 1.82) is 0 Å². The number of hydrogen-bond donors (Lipinski definition) is 3. The van der Waals surface area contributed by atoms with Gasteiger partial charge in [0.15, 0.2) is 10.9 Å². The molecule has 142 valence electrons. The molecule has 6 heteroatoms. The molecule has 0 aliphatic carbocycles. The van der Waals surface area contributed by atoms with Crippen molar-refractivity contribution < 1.29 is 4.79 Å². The molecule has 0 spiro atoms. The van der Waals surface area contributed by atoms with Gasteiger partial charge in [-0.15, -0.1) is 0 Å². The molecule has 4 N–H and O–H groups in total. The SMILES string of the molecule is CN1CCC(C(=O)c2cccc(NC(=S)Nc3ccc(CN)cc3)c2)CC1. The average molecular weight is 383 g/mol. The number of nitrogens with two attached hydrogens (primary N) is 1. The molecular formula is C21H26N4OS. The molecule has 0 saturated carbocycles. The zero-order valence-corrected chi connectivity index (χ0v) is 16.4. The topological polar surface area (TPSA) is 70.4 Å². The average Bonchev–Trinajstić information content (AvgIpc) is 2.69. The van der Waals surface area contributed by atoms with Gasteiger partial charge in [0.25, 0.3) is 0 Å². The van der Waals surface area contributed by atoms with Crippen molar-refractivity contribution >= 4 is 34.5 Å². The van der Waals surface area contributed by atoms with E-state index in [0.717, 1.165) is 48.4 Å². The zero-order chi connectivity index (χ0) is 19.2. The maximum absolute atomic E-state index is 12.8. The van der Waals surface area contributed by atoms with E-state index in [2.05, 4.69) is 22.6 Å². The number of thiocarbonyl (C=S) groups is 1. The first kappa shape index (κ1) is 19.5. The molecule has 1 aliphatic rings. The summed E-state index contributed by atoms with van der Waals surface area (Å²) in [6.45, 7) is 2.47. The Kier molecular flexibility index (Phi) is 6.55. The van der Waals surface area contributed by atoms with Crippen LogP contribution in [0.2, 0.25) is 0 Å². The van der Waals surface area contributed by atoms with Crippen LogP contribution in [0.4, 0.5) is 11.4 Å². The standard InChI is InChI=1S/C21H26N4OS/c1-25-11-9-16(10-12-25)20(26)17-3-2-4-19(13-17)24-21(27)23-18-7-5-15(14-22)6-8-18/h2-8,13,16H,9-12,14,22H2,1H3,(H2,23,24,27). The van der Waals surface area contributed by atoms with E-state index in [1.54, 1.807) is 0 Å². The van der Waals surface area contributed by atoms with Crippen LogP contribution >= 0.6 is 12.2 Å². The molecule has 0 radical (unpaired) electrons. The maximum Gasteiger partial charge on any atom is 0.175 e. The molecule has 1 aliphatic heterocycles. The second-order valence-electron chi connectivity index (χ2n) is 7.00. The van der Waals surface area contributed by atoms with Crippen molar-refractivity contribution in [3.8, 4) is 0 Å². The summed E-state index contributed by atoms with van der Waals surface area (Å²) in [6, 6.07) is 15.4. The third-order valence-electron chi connectivity index (χ3n) is 4.94. The predicted octanol–water partition coefficient (Wildman–Crippen LogP) is 3.48. The van der Waals surface area contributed by atoms with Crippen LogP contribution in [-0.2, 0) is 6.54 Å². The Morgan fingerprint density at radius 2 is 1.78 bits per heavy atom. The van der Waals surface area contributed by atoms with E-state index < -0.39 is 0 Å². The second-order valence-corrected chi connectivity index (χ2v) is 7.41. The first-order valence-electron chi connectivity index (χ1n) is 9.25. The van der Waals surface area contributed by atoms with Gasteiger partial charge in [-0.3, -0.25) is 4.79 Å². The minimum Gasteiger partial charge on any atom is -0.332 e. The van der Waals surface area contributed by atoms with Crippen LogP contribution in [0.15, 0.2) is 48.5 Å². The van der Waals surface area contributed by atoms with Crippen LogP contribution in [0, 0.1) is 5.92 Å². The lowest BCUT2D eigenvalue weighted by Gasteiger charge is -2.28. The summed E-state index contributed by atoms with van der Waals surface area (Å²) in [6.07, 6.45) is 1.84. The molecular weight excluding hydrogens is 356 g/mol. The van der Waals surface area contributed by atoms with Gasteiger partial charge in [0.2, 0.25) is 0 Å². The lowest BCUT2D eigenvalue weighted by Crippen LogP contribution is -2.33. The molecule has 1 fully saturated rings. The highest BCUT2D eigenvalue weighted by Crippen LogP contribution is 2.22. The van der Waals surface area contributed by atoms with E-state index in [0.29, 0.717) is 11.7 Å². The number of nitrogens with zero attached hydrogens (tertiary/aromatic N) is 1. The minimum atomic E-state index is 0.114. The van der Waals surface area contributed by atoms with Crippen LogP contribution in [0.3, 0.4) is 0 Å². The van der Waals surface area contributed by atoms with E-state index >= 15 is 0 Å². The van der Waals surface area contributed by atoms with E-state index in [-0.39, 0.29) is 11.7 Å². The van der Waals surface area contributed by atoms with Gasteiger partial charge in [0, 0.05) is 29.4 Å². The van der Waals surface area contributed by atoms with Crippen molar-refractivity contribution in [3.05, 3.63) is 59.7 Å². The zero-order valence-electron chi connectivity index (χ0n) is 15.6. The van der Waals surface area contributed by atoms with Crippen molar-refractivity contribution in [2.24, 2.45) is 11.7 Å². The Balaban J connectivity index is 1.61. The molecule has 3 rings (SSSR count). The lowest BCUT2D eigenvalue weighted by atomic mass is 9.89. The lowest BCUT2D eigenvalue weighted by molar-refractivity contribution is 0.0857. The quantitative estimate of drug-likeness (QED) is 0.543.